The highest BCUT2D eigenvalue weighted by Crippen LogP contribution is 2.26. The van der Waals surface area contributed by atoms with E-state index in [-0.39, 0.29) is 12.5 Å². The van der Waals surface area contributed by atoms with Gasteiger partial charge < -0.3 is 9.64 Å². The average Bonchev–Trinajstić information content (AvgIpc) is 2.67. The van der Waals surface area contributed by atoms with E-state index in [0.717, 1.165) is 23.4 Å². The summed E-state index contributed by atoms with van der Waals surface area (Å²) in [4.78, 5) is 14.4. The van der Waals surface area contributed by atoms with Gasteiger partial charge in [0.05, 0.1) is 11.9 Å². The van der Waals surface area contributed by atoms with Gasteiger partial charge >= 0.3 is 0 Å². The van der Waals surface area contributed by atoms with Crippen LogP contribution in [-0.4, -0.2) is 45.1 Å². The van der Waals surface area contributed by atoms with E-state index < -0.39 is 10.0 Å². The number of amides is 1. The Labute approximate surface area is 166 Å². The number of ether oxygens (including phenoxy) is 1. The number of nitrogens with zero attached hydrogens (tertiary/aromatic N) is 2. The summed E-state index contributed by atoms with van der Waals surface area (Å²) in [5, 5.41) is 0. The smallest absolute Gasteiger partial charge is 0.243 e. The summed E-state index contributed by atoms with van der Waals surface area (Å²) >= 11 is 0. The van der Waals surface area contributed by atoms with Crippen molar-refractivity contribution in [2.24, 2.45) is 5.92 Å². The number of para-hydroxylation sites is 1. The van der Waals surface area contributed by atoms with Crippen LogP contribution in [0.25, 0.3) is 0 Å². The summed E-state index contributed by atoms with van der Waals surface area (Å²) in [6, 6.07) is 16.1. The molecule has 150 valence electrons. The van der Waals surface area contributed by atoms with E-state index in [1.165, 1.54) is 0 Å². The highest BCUT2D eigenvalue weighted by molar-refractivity contribution is 7.92. The maximum atomic E-state index is 12.7. The lowest BCUT2D eigenvalue weighted by Crippen LogP contribution is -2.46. The van der Waals surface area contributed by atoms with Gasteiger partial charge in [0.15, 0.2) is 0 Å². The highest BCUT2D eigenvalue weighted by atomic mass is 32.2. The first-order valence-corrected chi connectivity index (χ1v) is 11.3. The van der Waals surface area contributed by atoms with Crippen molar-refractivity contribution in [3.8, 4) is 11.5 Å². The Hall–Kier alpha value is -2.54. The number of anilines is 1. The van der Waals surface area contributed by atoms with Crippen LogP contribution in [0.5, 0.6) is 11.5 Å². The van der Waals surface area contributed by atoms with Crippen LogP contribution in [0, 0.1) is 5.92 Å². The lowest BCUT2D eigenvalue weighted by atomic mass is 10.0. The molecule has 3 rings (SSSR count). The van der Waals surface area contributed by atoms with Crippen LogP contribution in [-0.2, 0) is 14.8 Å². The molecule has 28 heavy (non-hydrogen) atoms. The van der Waals surface area contributed by atoms with Crippen molar-refractivity contribution in [2.45, 2.75) is 19.8 Å². The number of piperidine rings is 1. The summed E-state index contributed by atoms with van der Waals surface area (Å²) in [6.45, 7) is 3.29. The minimum atomic E-state index is -3.59. The average molecular weight is 403 g/mol. The van der Waals surface area contributed by atoms with E-state index >= 15 is 0 Å². The molecule has 0 bridgehead atoms. The third-order valence-corrected chi connectivity index (χ3v) is 5.93. The molecule has 0 spiro atoms. The number of likely N-dealkylation sites (tertiary alicyclic amines) is 1. The fraction of sp³-hybridized carbons (Fsp3) is 0.381. The fourth-order valence-electron chi connectivity index (χ4n) is 3.34. The van der Waals surface area contributed by atoms with Crippen LogP contribution in [0.3, 0.4) is 0 Å². The first-order valence-electron chi connectivity index (χ1n) is 9.41. The molecule has 1 aliphatic heterocycles. The summed E-state index contributed by atoms with van der Waals surface area (Å²) in [5.41, 5.74) is 0.446. The zero-order valence-corrected chi connectivity index (χ0v) is 17.1. The Bertz CT molecular complexity index is 898. The van der Waals surface area contributed by atoms with Crippen LogP contribution in [0.4, 0.5) is 5.69 Å². The molecular weight excluding hydrogens is 376 g/mol. The van der Waals surface area contributed by atoms with E-state index in [0.29, 0.717) is 36.2 Å². The molecule has 1 aliphatic rings. The van der Waals surface area contributed by atoms with Gasteiger partial charge in [0.2, 0.25) is 15.9 Å². The maximum absolute atomic E-state index is 12.7. The van der Waals surface area contributed by atoms with Gasteiger partial charge in [0, 0.05) is 13.1 Å². The Balaban J connectivity index is 1.73. The molecule has 1 amide bonds. The number of carbonyl (C=O) groups is 1. The van der Waals surface area contributed by atoms with Gasteiger partial charge in [-0.1, -0.05) is 25.1 Å². The standard InChI is InChI=1S/C21H26N2O4S/c1-17-7-6-14-22(15-17)21(24)16-23(28(2,25)26)18-10-12-20(13-11-18)27-19-8-4-3-5-9-19/h3-5,8-13,17H,6-7,14-16H2,1-2H3/t17-/m1/s1. The summed E-state index contributed by atoms with van der Waals surface area (Å²) in [6.07, 6.45) is 3.17. The first kappa shape index (κ1) is 20.2. The van der Waals surface area contributed by atoms with Crippen LogP contribution in [0.15, 0.2) is 54.6 Å². The molecule has 1 heterocycles. The van der Waals surface area contributed by atoms with Gasteiger partial charge in [0.25, 0.3) is 0 Å². The lowest BCUT2D eigenvalue weighted by Gasteiger charge is -2.33. The van der Waals surface area contributed by atoms with Crippen LogP contribution < -0.4 is 9.04 Å². The largest absolute Gasteiger partial charge is 0.457 e. The summed E-state index contributed by atoms with van der Waals surface area (Å²) in [7, 11) is -3.59. The molecule has 1 fully saturated rings. The predicted molar refractivity (Wildman–Crippen MR) is 110 cm³/mol. The molecular formula is C21H26N2O4S. The van der Waals surface area contributed by atoms with Gasteiger partial charge in [-0.3, -0.25) is 9.10 Å². The molecule has 2 aromatic rings. The maximum Gasteiger partial charge on any atom is 0.243 e. The number of hydrogen-bond donors (Lipinski definition) is 0. The van der Waals surface area contributed by atoms with Crippen molar-refractivity contribution in [1.82, 2.24) is 4.90 Å². The second-order valence-electron chi connectivity index (χ2n) is 7.27. The van der Waals surface area contributed by atoms with Crippen molar-refractivity contribution in [1.29, 1.82) is 0 Å². The number of benzene rings is 2. The zero-order chi connectivity index (χ0) is 20.1. The van der Waals surface area contributed by atoms with Gasteiger partial charge in [-0.2, -0.15) is 0 Å². The predicted octanol–water partition coefficient (Wildman–Crippen LogP) is 3.50. The van der Waals surface area contributed by atoms with E-state index in [4.69, 9.17) is 4.74 Å². The molecule has 0 aromatic heterocycles. The van der Waals surface area contributed by atoms with Gasteiger partial charge in [-0.05, 0) is 55.2 Å². The van der Waals surface area contributed by atoms with E-state index in [1.807, 2.05) is 30.3 Å². The number of carbonyl (C=O) groups excluding carboxylic acids is 1. The zero-order valence-electron chi connectivity index (χ0n) is 16.2. The van der Waals surface area contributed by atoms with Gasteiger partial charge in [-0.15, -0.1) is 0 Å². The fourth-order valence-corrected chi connectivity index (χ4v) is 4.19. The lowest BCUT2D eigenvalue weighted by molar-refractivity contribution is -0.131. The summed E-state index contributed by atoms with van der Waals surface area (Å²) in [5.74, 6) is 1.57. The minimum Gasteiger partial charge on any atom is -0.457 e. The Morgan fingerprint density at radius 2 is 1.75 bits per heavy atom. The molecule has 0 aliphatic carbocycles. The Morgan fingerprint density at radius 1 is 1.11 bits per heavy atom. The van der Waals surface area contributed by atoms with E-state index in [1.54, 1.807) is 29.2 Å². The topological polar surface area (TPSA) is 66.9 Å². The summed E-state index contributed by atoms with van der Waals surface area (Å²) < 4.78 is 31.5. The van der Waals surface area contributed by atoms with Crippen molar-refractivity contribution < 1.29 is 17.9 Å². The van der Waals surface area contributed by atoms with Gasteiger partial charge in [0.1, 0.15) is 18.0 Å². The second-order valence-corrected chi connectivity index (χ2v) is 9.17. The molecule has 0 unspecified atom stereocenters. The van der Waals surface area contributed by atoms with Crippen molar-refractivity contribution in [2.75, 3.05) is 30.2 Å². The molecule has 0 saturated carbocycles. The molecule has 1 saturated heterocycles. The Morgan fingerprint density at radius 3 is 2.36 bits per heavy atom. The van der Waals surface area contributed by atoms with Crippen molar-refractivity contribution in [3.05, 3.63) is 54.6 Å². The monoisotopic (exact) mass is 402 g/mol. The van der Waals surface area contributed by atoms with Crippen LogP contribution >= 0.6 is 0 Å². The molecule has 7 heteroatoms. The number of hydrogen-bond acceptors (Lipinski definition) is 4. The van der Waals surface area contributed by atoms with Crippen molar-refractivity contribution >= 4 is 21.6 Å². The Kier molecular flexibility index (Phi) is 6.24. The number of rotatable bonds is 6. The van der Waals surface area contributed by atoms with Gasteiger partial charge in [-0.25, -0.2) is 8.42 Å². The first-order chi connectivity index (χ1) is 13.3. The quantitative estimate of drug-likeness (QED) is 0.742. The van der Waals surface area contributed by atoms with E-state index in [2.05, 4.69) is 6.92 Å². The molecule has 6 nitrogen and oxygen atoms in total. The molecule has 0 N–H and O–H groups in total. The third-order valence-electron chi connectivity index (χ3n) is 4.79. The van der Waals surface area contributed by atoms with E-state index in [9.17, 15) is 13.2 Å². The second kappa shape index (κ2) is 8.65. The van der Waals surface area contributed by atoms with Crippen LogP contribution in [0.2, 0.25) is 0 Å². The molecule has 0 radical (unpaired) electrons. The molecule has 2 aromatic carbocycles. The SMILES string of the molecule is C[C@@H]1CCCN(C(=O)CN(c2ccc(Oc3ccccc3)cc2)S(C)(=O)=O)C1. The normalized spacial score (nSPS) is 17.2. The molecule has 1 atom stereocenters. The number of sulfonamides is 1. The minimum absolute atomic E-state index is 0.165. The highest BCUT2D eigenvalue weighted by Gasteiger charge is 2.26. The van der Waals surface area contributed by atoms with Crippen molar-refractivity contribution in [3.63, 3.8) is 0 Å². The van der Waals surface area contributed by atoms with Crippen LogP contribution in [0.1, 0.15) is 19.8 Å². The third kappa shape index (κ3) is 5.25.